The maximum Gasteiger partial charge on any atom is 0.339 e. The van der Waals surface area contributed by atoms with Crippen LogP contribution in [0.1, 0.15) is 29.8 Å². The third kappa shape index (κ3) is 3.21. The van der Waals surface area contributed by atoms with Gasteiger partial charge in [0.05, 0.1) is 0 Å². The van der Waals surface area contributed by atoms with Crippen molar-refractivity contribution < 1.29 is 18.7 Å². The molecule has 0 saturated carbocycles. The number of carboxylic acid groups (broad SMARTS) is 1. The molecule has 0 fully saturated rings. The summed E-state index contributed by atoms with van der Waals surface area (Å²) in [6.07, 6.45) is 0. The number of aryl methyl sites for hydroxylation is 1. The van der Waals surface area contributed by atoms with Crippen LogP contribution in [0, 0.1) is 18.6 Å². The molecular weight excluding hydrogens is 296 g/mol. The molecule has 0 unspecified atom stereocenters. The van der Waals surface area contributed by atoms with E-state index in [1.54, 1.807) is 7.05 Å². The van der Waals surface area contributed by atoms with Gasteiger partial charge in [0.2, 0.25) is 0 Å². The molecule has 1 heterocycles. The van der Waals surface area contributed by atoms with Crippen LogP contribution in [0.3, 0.4) is 0 Å². The topological polar surface area (TPSA) is 49.3 Å². The van der Waals surface area contributed by atoms with Gasteiger partial charge in [0.25, 0.3) is 0 Å². The lowest BCUT2D eigenvalue weighted by molar-refractivity contribution is 0.0699. The summed E-state index contributed by atoms with van der Waals surface area (Å²) in [6.45, 7) is 5.45. The lowest BCUT2D eigenvalue weighted by Crippen LogP contribution is -2.02. The lowest BCUT2D eigenvalue weighted by Gasteiger charge is -2.06. The summed E-state index contributed by atoms with van der Waals surface area (Å²) in [5, 5.41) is 13.8. The summed E-state index contributed by atoms with van der Waals surface area (Å²) in [5.74, 6) is -3.16. The summed E-state index contributed by atoms with van der Waals surface area (Å²) < 4.78 is 27.5. The molecule has 0 saturated heterocycles. The van der Waals surface area contributed by atoms with Gasteiger partial charge in [0.1, 0.15) is 10.6 Å². The summed E-state index contributed by atoms with van der Waals surface area (Å²) in [6, 6.07) is 2.82. The fourth-order valence-corrected chi connectivity index (χ4v) is 2.72. The van der Waals surface area contributed by atoms with Gasteiger partial charge in [-0.25, -0.2) is 13.6 Å². The molecule has 0 aliphatic carbocycles. The van der Waals surface area contributed by atoms with E-state index in [4.69, 9.17) is 0 Å². The molecule has 3 nitrogen and oxygen atoms in total. The number of halogens is 2. The van der Waals surface area contributed by atoms with Gasteiger partial charge >= 0.3 is 5.97 Å². The average Bonchev–Trinajstić information content (AvgIpc) is 2.91. The summed E-state index contributed by atoms with van der Waals surface area (Å²) in [5.41, 5.74) is 0.272. The number of carbonyl (C=O) groups is 1. The normalized spacial score (nSPS) is 9.81. The van der Waals surface area contributed by atoms with E-state index in [0.717, 1.165) is 11.3 Å². The maximum atomic E-state index is 13.9. The Kier molecular flexibility index (Phi) is 5.84. The van der Waals surface area contributed by atoms with Crippen LogP contribution in [0.2, 0.25) is 0 Å². The number of anilines is 1. The predicted molar refractivity (Wildman–Crippen MR) is 82.3 cm³/mol. The van der Waals surface area contributed by atoms with Gasteiger partial charge in [-0.3, -0.25) is 0 Å². The largest absolute Gasteiger partial charge is 0.478 e. The third-order valence-corrected chi connectivity index (χ3v) is 3.80. The van der Waals surface area contributed by atoms with Crippen molar-refractivity contribution in [2.75, 3.05) is 12.4 Å². The SMILES string of the molecule is CC.CNc1scc(-c2ccc(C)c(F)c2F)c1C(=O)O. The fraction of sp³-hybridized carbons (Fsp3) is 0.267. The molecule has 0 radical (unpaired) electrons. The van der Waals surface area contributed by atoms with Crippen LogP contribution in [0.25, 0.3) is 11.1 Å². The number of thiophene rings is 1. The van der Waals surface area contributed by atoms with E-state index in [9.17, 15) is 18.7 Å². The first-order chi connectivity index (χ1) is 9.97. The van der Waals surface area contributed by atoms with Gasteiger partial charge < -0.3 is 10.4 Å². The standard InChI is InChI=1S/C13H11F2NO2S.C2H6/c1-6-3-4-7(11(15)10(6)14)8-5-19-12(16-2)9(8)13(17)18;1-2/h3-5,16H,1-2H3,(H,17,18);1-2H3. The van der Waals surface area contributed by atoms with E-state index in [1.807, 2.05) is 13.8 Å². The van der Waals surface area contributed by atoms with Crippen LogP contribution < -0.4 is 5.32 Å². The second kappa shape index (κ2) is 7.17. The van der Waals surface area contributed by atoms with Crippen molar-refractivity contribution in [2.24, 2.45) is 0 Å². The van der Waals surface area contributed by atoms with Crippen molar-refractivity contribution in [3.05, 3.63) is 40.3 Å². The molecular formula is C15H17F2NO2S. The summed E-state index contributed by atoms with van der Waals surface area (Å²) >= 11 is 1.14. The van der Waals surface area contributed by atoms with Crippen LogP contribution in [0.5, 0.6) is 0 Å². The van der Waals surface area contributed by atoms with Crippen molar-refractivity contribution >= 4 is 22.3 Å². The summed E-state index contributed by atoms with van der Waals surface area (Å²) in [7, 11) is 1.58. The van der Waals surface area contributed by atoms with E-state index >= 15 is 0 Å². The molecule has 0 atom stereocenters. The van der Waals surface area contributed by atoms with Gasteiger partial charge in [-0.05, 0) is 12.5 Å². The van der Waals surface area contributed by atoms with Gasteiger partial charge in [0.15, 0.2) is 11.6 Å². The number of nitrogens with one attached hydrogen (secondary N) is 1. The number of hydrogen-bond donors (Lipinski definition) is 2. The molecule has 2 aromatic rings. The average molecular weight is 313 g/mol. The molecule has 0 amide bonds. The Morgan fingerprint density at radius 1 is 1.19 bits per heavy atom. The Morgan fingerprint density at radius 2 is 1.81 bits per heavy atom. The minimum atomic E-state index is -1.18. The fourth-order valence-electron chi connectivity index (χ4n) is 1.81. The number of hydrogen-bond acceptors (Lipinski definition) is 3. The second-order valence-corrected chi connectivity index (χ2v) is 4.85. The number of rotatable bonds is 3. The third-order valence-electron chi connectivity index (χ3n) is 2.80. The van der Waals surface area contributed by atoms with Crippen molar-refractivity contribution in [3.8, 4) is 11.1 Å². The zero-order valence-electron chi connectivity index (χ0n) is 12.3. The smallest absolute Gasteiger partial charge is 0.339 e. The van der Waals surface area contributed by atoms with Crippen molar-refractivity contribution in [3.63, 3.8) is 0 Å². The minimum Gasteiger partial charge on any atom is -0.478 e. The molecule has 21 heavy (non-hydrogen) atoms. The minimum absolute atomic E-state index is 0.0433. The molecule has 2 rings (SSSR count). The molecule has 0 aliphatic rings. The monoisotopic (exact) mass is 313 g/mol. The highest BCUT2D eigenvalue weighted by Gasteiger charge is 2.22. The highest BCUT2D eigenvalue weighted by molar-refractivity contribution is 7.15. The van der Waals surface area contributed by atoms with Gasteiger partial charge in [-0.15, -0.1) is 11.3 Å². The zero-order valence-corrected chi connectivity index (χ0v) is 13.1. The molecule has 2 N–H and O–H groups in total. The second-order valence-electron chi connectivity index (χ2n) is 3.97. The highest BCUT2D eigenvalue weighted by Crippen LogP contribution is 2.37. The van der Waals surface area contributed by atoms with Crippen molar-refractivity contribution in [1.82, 2.24) is 0 Å². The first-order valence-electron chi connectivity index (χ1n) is 6.44. The molecule has 0 aliphatic heterocycles. The van der Waals surface area contributed by atoms with E-state index in [-0.39, 0.29) is 22.3 Å². The Balaban J connectivity index is 0.00000106. The van der Waals surface area contributed by atoms with Crippen LogP contribution in [0.15, 0.2) is 17.5 Å². The number of benzene rings is 1. The van der Waals surface area contributed by atoms with Gasteiger partial charge in [0, 0.05) is 23.6 Å². The van der Waals surface area contributed by atoms with Crippen LogP contribution in [-0.4, -0.2) is 18.1 Å². The van der Waals surface area contributed by atoms with Gasteiger partial charge in [-0.1, -0.05) is 26.0 Å². The van der Waals surface area contributed by atoms with E-state index < -0.39 is 17.6 Å². The first kappa shape index (κ1) is 17.1. The quantitative estimate of drug-likeness (QED) is 0.858. The van der Waals surface area contributed by atoms with E-state index in [1.165, 1.54) is 24.4 Å². The maximum absolute atomic E-state index is 13.9. The van der Waals surface area contributed by atoms with Crippen LogP contribution >= 0.6 is 11.3 Å². The molecule has 0 bridgehead atoms. The van der Waals surface area contributed by atoms with Crippen LogP contribution in [-0.2, 0) is 0 Å². The Morgan fingerprint density at radius 3 is 2.33 bits per heavy atom. The zero-order chi connectivity index (χ0) is 16.2. The van der Waals surface area contributed by atoms with E-state index in [2.05, 4.69) is 5.32 Å². The lowest BCUT2D eigenvalue weighted by atomic mass is 10.0. The van der Waals surface area contributed by atoms with Gasteiger partial charge in [-0.2, -0.15) is 0 Å². The Bertz CT molecular complexity index is 653. The first-order valence-corrected chi connectivity index (χ1v) is 7.32. The van der Waals surface area contributed by atoms with Crippen molar-refractivity contribution in [1.29, 1.82) is 0 Å². The summed E-state index contributed by atoms with van der Waals surface area (Å²) in [4.78, 5) is 11.2. The van der Waals surface area contributed by atoms with Crippen molar-refractivity contribution in [2.45, 2.75) is 20.8 Å². The van der Waals surface area contributed by atoms with E-state index in [0.29, 0.717) is 5.00 Å². The Hall–Kier alpha value is -1.95. The molecule has 1 aromatic carbocycles. The number of carboxylic acids is 1. The molecule has 1 aromatic heterocycles. The molecule has 6 heteroatoms. The molecule has 114 valence electrons. The highest BCUT2D eigenvalue weighted by atomic mass is 32.1. The van der Waals surface area contributed by atoms with Crippen LogP contribution in [0.4, 0.5) is 13.8 Å². The predicted octanol–water partition coefficient (Wildman–Crippen LogP) is 4.77. The number of aromatic carboxylic acids is 1. The molecule has 0 spiro atoms. The Labute approximate surface area is 126 Å².